The van der Waals surface area contributed by atoms with E-state index in [4.69, 9.17) is 37.4 Å². The van der Waals surface area contributed by atoms with Gasteiger partial charge in [0.2, 0.25) is 5.91 Å². The van der Waals surface area contributed by atoms with E-state index in [1.807, 2.05) is 24.1 Å². The lowest BCUT2D eigenvalue weighted by Crippen LogP contribution is -2.69. The van der Waals surface area contributed by atoms with E-state index in [2.05, 4.69) is 11.5 Å². The molecular formula is C31H34Cl2N2O5. The van der Waals surface area contributed by atoms with Gasteiger partial charge in [-0.25, -0.2) is 0 Å². The molecule has 2 bridgehead atoms. The van der Waals surface area contributed by atoms with E-state index in [1.54, 1.807) is 25.3 Å². The highest BCUT2D eigenvalue weighted by molar-refractivity contribution is 6.42. The first-order valence-electron chi connectivity index (χ1n) is 13.8. The minimum Gasteiger partial charge on any atom is -0.493 e. The number of ether oxygens (including phenoxy) is 3. The minimum atomic E-state index is -0.365. The molecule has 2 aromatic rings. The van der Waals surface area contributed by atoms with Gasteiger partial charge in [0.25, 0.3) is 0 Å². The van der Waals surface area contributed by atoms with E-state index in [0.717, 1.165) is 61.2 Å². The van der Waals surface area contributed by atoms with E-state index in [1.165, 1.54) is 6.92 Å². The van der Waals surface area contributed by atoms with Gasteiger partial charge in [0.1, 0.15) is 11.9 Å². The molecule has 5 atom stereocenters. The largest absolute Gasteiger partial charge is 0.493 e. The van der Waals surface area contributed by atoms with E-state index in [9.17, 15) is 9.59 Å². The molecule has 1 saturated heterocycles. The Morgan fingerprint density at radius 1 is 1.23 bits per heavy atom. The first-order chi connectivity index (χ1) is 19.2. The van der Waals surface area contributed by atoms with Crippen LogP contribution in [0.2, 0.25) is 10.0 Å². The van der Waals surface area contributed by atoms with Crippen LogP contribution in [0.5, 0.6) is 17.2 Å². The molecule has 4 aliphatic rings. The SMILES string of the molecule is C=CCN1CC[C@]23c4c5c(OC(C)=O)cc(OC)c4O[C@H]2[C@H](N(C)C(=O)Cc2ccc(Cl)c(Cl)c2)CC[C@H]3[C@H]1C5. The van der Waals surface area contributed by atoms with Crippen molar-refractivity contribution in [2.75, 3.05) is 27.2 Å². The number of rotatable bonds is 7. The second kappa shape index (κ2) is 10.3. The predicted octanol–water partition coefficient (Wildman–Crippen LogP) is 5.22. The normalized spacial score (nSPS) is 27.8. The fourth-order valence-corrected chi connectivity index (χ4v) is 8.28. The Morgan fingerprint density at radius 2 is 2.02 bits per heavy atom. The smallest absolute Gasteiger partial charge is 0.308 e. The number of likely N-dealkylation sites (N-methyl/N-ethyl adjacent to an activating group) is 1. The van der Waals surface area contributed by atoms with Crippen LogP contribution in [0.1, 0.15) is 42.9 Å². The third-order valence-corrected chi connectivity index (χ3v) is 10.3. The zero-order valence-electron chi connectivity index (χ0n) is 23.0. The average molecular weight is 586 g/mol. The number of benzene rings is 2. The Balaban J connectivity index is 1.41. The second-order valence-corrected chi connectivity index (χ2v) is 12.2. The summed E-state index contributed by atoms with van der Waals surface area (Å²) in [6.07, 6.45) is 5.39. The van der Waals surface area contributed by atoms with Gasteiger partial charge < -0.3 is 19.1 Å². The number of carbonyl (C=O) groups excluding carboxylic acids is 2. The van der Waals surface area contributed by atoms with Crippen molar-refractivity contribution >= 4 is 35.1 Å². The lowest BCUT2D eigenvalue weighted by Gasteiger charge is -2.60. The van der Waals surface area contributed by atoms with Gasteiger partial charge in [-0.05, 0) is 55.8 Å². The second-order valence-electron chi connectivity index (χ2n) is 11.4. The zero-order valence-corrected chi connectivity index (χ0v) is 24.6. The molecule has 0 radical (unpaired) electrons. The first kappa shape index (κ1) is 27.4. The van der Waals surface area contributed by atoms with Crippen molar-refractivity contribution in [3.05, 3.63) is 63.7 Å². The van der Waals surface area contributed by atoms with Crippen LogP contribution in [0.15, 0.2) is 36.9 Å². The number of carbonyl (C=O) groups is 2. The standard InChI is InChI=1S/C31H34Cl2N2O5/c1-5-11-35-12-10-31-20-7-9-23(34(3)27(37)14-18-6-8-21(32)22(33)13-18)30(31)40-29-26(38-4)16-25(39-17(2)36)19(28(29)31)15-24(20)35/h5-6,8,13,16,20,23-24,30H,1,7,9-12,14-15H2,2-4H3/t20-,23+,24+,30-,31-/m0/s1. The molecule has 0 aromatic heterocycles. The quantitative estimate of drug-likeness (QED) is 0.252. The van der Waals surface area contributed by atoms with E-state index in [-0.39, 0.29) is 41.9 Å². The summed E-state index contributed by atoms with van der Waals surface area (Å²) in [4.78, 5) is 30.1. The topological polar surface area (TPSA) is 68.3 Å². The van der Waals surface area contributed by atoms with Gasteiger partial charge in [-0.1, -0.05) is 35.3 Å². The summed E-state index contributed by atoms with van der Waals surface area (Å²) in [6, 6.07) is 7.23. The highest BCUT2D eigenvalue weighted by Gasteiger charge is 2.67. The number of halogens is 2. The van der Waals surface area contributed by atoms with Crippen LogP contribution in [0.25, 0.3) is 0 Å². The molecule has 9 heteroatoms. The monoisotopic (exact) mass is 584 g/mol. The number of hydrogen-bond acceptors (Lipinski definition) is 6. The van der Waals surface area contributed by atoms with Gasteiger partial charge >= 0.3 is 5.97 Å². The van der Waals surface area contributed by atoms with Gasteiger partial charge in [0.15, 0.2) is 11.5 Å². The lowest BCUT2D eigenvalue weighted by atomic mass is 9.50. The maximum atomic E-state index is 13.6. The van der Waals surface area contributed by atoms with Gasteiger partial charge in [0, 0.05) is 49.2 Å². The Labute approximate surface area is 244 Å². The molecule has 7 nitrogen and oxygen atoms in total. The molecule has 212 valence electrons. The van der Waals surface area contributed by atoms with Gasteiger partial charge in [-0.2, -0.15) is 0 Å². The lowest BCUT2D eigenvalue weighted by molar-refractivity contribution is -0.139. The summed E-state index contributed by atoms with van der Waals surface area (Å²) in [5, 5.41) is 0.902. The summed E-state index contributed by atoms with van der Waals surface area (Å²) in [5.74, 6) is 1.82. The average Bonchev–Trinajstić information content (AvgIpc) is 3.26. The maximum absolute atomic E-state index is 13.6. The van der Waals surface area contributed by atoms with Crippen LogP contribution >= 0.6 is 23.2 Å². The summed E-state index contributed by atoms with van der Waals surface area (Å²) in [5.41, 5.74) is 2.64. The summed E-state index contributed by atoms with van der Waals surface area (Å²) >= 11 is 12.3. The molecule has 2 aromatic carbocycles. The highest BCUT2D eigenvalue weighted by Crippen LogP contribution is 2.65. The van der Waals surface area contributed by atoms with E-state index in [0.29, 0.717) is 27.5 Å². The number of amides is 1. The Kier molecular flexibility index (Phi) is 7.04. The summed E-state index contributed by atoms with van der Waals surface area (Å²) < 4.78 is 18.4. The highest BCUT2D eigenvalue weighted by atomic mass is 35.5. The van der Waals surface area contributed by atoms with Crippen LogP contribution in [-0.4, -0.2) is 67.1 Å². The van der Waals surface area contributed by atoms with Crippen LogP contribution in [0.4, 0.5) is 0 Å². The Morgan fingerprint density at radius 3 is 2.73 bits per heavy atom. The molecule has 2 fully saturated rings. The first-order valence-corrected chi connectivity index (χ1v) is 14.6. The van der Waals surface area contributed by atoms with Crippen LogP contribution in [0.3, 0.4) is 0 Å². The van der Waals surface area contributed by atoms with Crippen LogP contribution in [-0.2, 0) is 27.8 Å². The summed E-state index contributed by atoms with van der Waals surface area (Å²) in [7, 11) is 3.49. The molecule has 6 rings (SSSR count). The summed E-state index contributed by atoms with van der Waals surface area (Å²) in [6.45, 7) is 7.13. The number of methoxy groups -OCH3 is 1. The van der Waals surface area contributed by atoms with Gasteiger partial charge in [0.05, 0.1) is 29.6 Å². The molecule has 2 aliphatic carbocycles. The number of likely N-dealkylation sites (tertiary alicyclic amines) is 1. The fourth-order valence-electron chi connectivity index (χ4n) is 7.96. The minimum absolute atomic E-state index is 0.00189. The fraction of sp³-hybridized carbons (Fsp3) is 0.484. The predicted molar refractivity (Wildman–Crippen MR) is 154 cm³/mol. The molecule has 2 heterocycles. The number of esters is 1. The van der Waals surface area contributed by atoms with Crippen molar-refractivity contribution < 1.29 is 23.8 Å². The molecule has 0 unspecified atom stereocenters. The van der Waals surface area contributed by atoms with Gasteiger partial charge in [-0.15, -0.1) is 6.58 Å². The molecule has 1 saturated carbocycles. The van der Waals surface area contributed by atoms with Crippen molar-refractivity contribution in [1.82, 2.24) is 9.80 Å². The molecule has 0 N–H and O–H groups in total. The molecule has 2 aliphatic heterocycles. The maximum Gasteiger partial charge on any atom is 0.308 e. The van der Waals surface area contributed by atoms with Crippen molar-refractivity contribution in [3.63, 3.8) is 0 Å². The number of piperidine rings is 1. The molecule has 40 heavy (non-hydrogen) atoms. The van der Waals surface area contributed by atoms with E-state index >= 15 is 0 Å². The molecular weight excluding hydrogens is 551 g/mol. The van der Waals surface area contributed by atoms with Crippen LogP contribution < -0.4 is 14.2 Å². The van der Waals surface area contributed by atoms with Crippen molar-refractivity contribution in [2.45, 2.75) is 62.6 Å². The zero-order chi connectivity index (χ0) is 28.3. The Bertz CT molecular complexity index is 1400. The van der Waals surface area contributed by atoms with Gasteiger partial charge in [-0.3, -0.25) is 14.5 Å². The number of hydrogen-bond donors (Lipinski definition) is 0. The number of nitrogens with zero attached hydrogens (tertiary/aromatic N) is 2. The Hall–Kier alpha value is -2.74. The molecule has 1 spiro atoms. The third-order valence-electron chi connectivity index (χ3n) is 9.54. The third kappa shape index (κ3) is 4.12. The van der Waals surface area contributed by atoms with Crippen LogP contribution in [0, 0.1) is 5.92 Å². The van der Waals surface area contributed by atoms with Crippen molar-refractivity contribution in [1.29, 1.82) is 0 Å². The molecule has 1 amide bonds. The van der Waals surface area contributed by atoms with E-state index < -0.39 is 0 Å². The van der Waals surface area contributed by atoms with Crippen molar-refractivity contribution in [2.24, 2.45) is 5.92 Å². The van der Waals surface area contributed by atoms with Crippen molar-refractivity contribution in [3.8, 4) is 17.2 Å².